The molecule has 94 valence electrons. The Morgan fingerprint density at radius 1 is 1.47 bits per heavy atom. The molecule has 0 aliphatic carbocycles. The van der Waals surface area contributed by atoms with Gasteiger partial charge in [0.25, 0.3) is 5.69 Å². The largest absolute Gasteiger partial charge is 0.399 e. The predicted octanol–water partition coefficient (Wildman–Crippen LogP) is 1.36. The fourth-order valence-corrected chi connectivity index (χ4v) is 1.92. The van der Waals surface area contributed by atoms with Crippen molar-refractivity contribution in [3.63, 3.8) is 0 Å². The highest BCUT2D eigenvalue weighted by Gasteiger charge is 2.25. The number of halogens is 1. The molecule has 6 nitrogen and oxygen atoms in total. The summed E-state index contributed by atoms with van der Waals surface area (Å²) in [4.78, 5) is 10.2. The number of nitrogens with zero attached hydrogens (tertiary/aromatic N) is 1. The highest BCUT2D eigenvalue weighted by molar-refractivity contribution is 9.09. The number of alkyl halides is 1. The molecular weight excluding hydrogens is 292 g/mol. The van der Waals surface area contributed by atoms with E-state index in [0.717, 1.165) is 0 Å². The summed E-state index contributed by atoms with van der Waals surface area (Å²) in [5.74, 6) is 0. The van der Waals surface area contributed by atoms with E-state index in [2.05, 4.69) is 15.9 Å². The van der Waals surface area contributed by atoms with Crippen LogP contribution in [0.5, 0.6) is 0 Å². The van der Waals surface area contributed by atoms with Gasteiger partial charge < -0.3 is 15.9 Å². The van der Waals surface area contributed by atoms with Crippen LogP contribution in [0.25, 0.3) is 0 Å². The molecule has 17 heavy (non-hydrogen) atoms. The van der Waals surface area contributed by atoms with Crippen LogP contribution in [0.3, 0.4) is 0 Å². The fraction of sp³-hybridized carbons (Fsp3) is 0.400. The van der Waals surface area contributed by atoms with Crippen molar-refractivity contribution in [2.75, 3.05) is 11.1 Å². The zero-order valence-corrected chi connectivity index (χ0v) is 10.5. The van der Waals surface area contributed by atoms with Crippen molar-refractivity contribution >= 4 is 27.3 Å². The lowest BCUT2D eigenvalue weighted by Gasteiger charge is -2.17. The van der Waals surface area contributed by atoms with E-state index in [1.807, 2.05) is 0 Å². The Labute approximate surface area is 106 Å². The van der Waals surface area contributed by atoms with Crippen LogP contribution >= 0.6 is 15.9 Å². The summed E-state index contributed by atoms with van der Waals surface area (Å²) in [6, 6.07) is 3.90. The maximum Gasteiger partial charge on any atom is 0.275 e. The molecule has 0 amide bonds. The van der Waals surface area contributed by atoms with Crippen LogP contribution in [0.4, 0.5) is 11.4 Å². The van der Waals surface area contributed by atoms with Crippen LogP contribution in [0.2, 0.25) is 0 Å². The summed E-state index contributed by atoms with van der Waals surface area (Å²) in [7, 11) is 0. The van der Waals surface area contributed by atoms with Crippen molar-refractivity contribution in [3.05, 3.63) is 33.9 Å². The third-order valence-electron chi connectivity index (χ3n) is 2.34. The van der Waals surface area contributed by atoms with Crippen molar-refractivity contribution in [2.45, 2.75) is 18.6 Å². The maximum absolute atomic E-state index is 10.8. The number of benzene rings is 1. The molecule has 0 radical (unpaired) electrons. The number of rotatable bonds is 5. The molecule has 0 saturated heterocycles. The van der Waals surface area contributed by atoms with Crippen LogP contribution in [0, 0.1) is 10.1 Å². The Hall–Kier alpha value is -1.18. The second kappa shape index (κ2) is 5.95. The standard InChI is InChI=1S/C10H13BrN2O4/c11-4-3-9(14)10(15)7-5-6(12)1-2-8(7)13(16)17/h1-2,5,9-10,14-15H,3-4,12H2. The van der Waals surface area contributed by atoms with E-state index in [-0.39, 0.29) is 17.7 Å². The molecule has 0 saturated carbocycles. The molecule has 0 spiro atoms. The SMILES string of the molecule is Nc1ccc([N+](=O)[O-])c(C(O)C(O)CCBr)c1. The van der Waals surface area contributed by atoms with E-state index in [0.29, 0.717) is 11.0 Å². The van der Waals surface area contributed by atoms with Gasteiger partial charge in [0, 0.05) is 17.1 Å². The first kappa shape index (κ1) is 13.9. The lowest BCUT2D eigenvalue weighted by atomic mass is 10.0. The summed E-state index contributed by atoms with van der Waals surface area (Å²) in [6.45, 7) is 0. The molecule has 1 aromatic rings. The van der Waals surface area contributed by atoms with Gasteiger partial charge in [0.2, 0.25) is 0 Å². The number of hydrogen-bond donors (Lipinski definition) is 3. The van der Waals surface area contributed by atoms with E-state index in [9.17, 15) is 20.3 Å². The zero-order valence-electron chi connectivity index (χ0n) is 8.91. The number of nitrogens with two attached hydrogens (primary N) is 1. The summed E-state index contributed by atoms with van der Waals surface area (Å²) >= 11 is 3.12. The number of aliphatic hydroxyl groups excluding tert-OH is 2. The summed E-state index contributed by atoms with van der Waals surface area (Å²) in [5, 5.41) is 30.7. The van der Waals surface area contributed by atoms with Crippen molar-refractivity contribution < 1.29 is 15.1 Å². The Morgan fingerprint density at radius 3 is 2.65 bits per heavy atom. The van der Waals surface area contributed by atoms with Crippen LogP contribution < -0.4 is 5.73 Å². The monoisotopic (exact) mass is 304 g/mol. The Bertz CT molecular complexity index is 413. The minimum absolute atomic E-state index is 0.0310. The van der Waals surface area contributed by atoms with E-state index in [4.69, 9.17) is 5.73 Å². The zero-order chi connectivity index (χ0) is 13.0. The van der Waals surface area contributed by atoms with Gasteiger partial charge in [-0.05, 0) is 18.6 Å². The van der Waals surface area contributed by atoms with Gasteiger partial charge >= 0.3 is 0 Å². The normalized spacial score (nSPS) is 14.3. The molecule has 2 unspecified atom stereocenters. The second-order valence-corrected chi connectivity index (χ2v) is 4.36. The molecule has 4 N–H and O–H groups in total. The first-order valence-corrected chi connectivity index (χ1v) is 6.05. The van der Waals surface area contributed by atoms with Crippen LogP contribution in [0.15, 0.2) is 18.2 Å². The molecular formula is C10H13BrN2O4. The van der Waals surface area contributed by atoms with Crippen molar-refractivity contribution in [2.24, 2.45) is 0 Å². The predicted molar refractivity (Wildman–Crippen MR) is 66.9 cm³/mol. The number of anilines is 1. The van der Waals surface area contributed by atoms with Crippen LogP contribution in [0.1, 0.15) is 18.1 Å². The molecule has 2 atom stereocenters. The smallest absolute Gasteiger partial charge is 0.275 e. The lowest BCUT2D eigenvalue weighted by Crippen LogP contribution is -2.19. The lowest BCUT2D eigenvalue weighted by molar-refractivity contribution is -0.386. The fourth-order valence-electron chi connectivity index (χ4n) is 1.45. The quantitative estimate of drug-likeness (QED) is 0.329. The van der Waals surface area contributed by atoms with E-state index in [1.54, 1.807) is 0 Å². The first-order valence-electron chi connectivity index (χ1n) is 4.93. The van der Waals surface area contributed by atoms with Gasteiger partial charge in [-0.2, -0.15) is 0 Å². The van der Waals surface area contributed by atoms with E-state index < -0.39 is 17.1 Å². The highest BCUT2D eigenvalue weighted by atomic mass is 79.9. The maximum atomic E-state index is 10.8. The average molecular weight is 305 g/mol. The molecule has 0 heterocycles. The molecule has 0 fully saturated rings. The molecule has 0 aromatic heterocycles. The van der Waals surface area contributed by atoms with Gasteiger partial charge in [-0.1, -0.05) is 15.9 Å². The van der Waals surface area contributed by atoms with Crippen LogP contribution in [-0.2, 0) is 0 Å². The highest BCUT2D eigenvalue weighted by Crippen LogP contribution is 2.30. The first-order chi connectivity index (χ1) is 7.97. The second-order valence-electron chi connectivity index (χ2n) is 3.57. The number of aliphatic hydroxyl groups is 2. The third kappa shape index (κ3) is 3.39. The average Bonchev–Trinajstić information content (AvgIpc) is 2.27. The van der Waals surface area contributed by atoms with E-state index >= 15 is 0 Å². The Kier molecular flexibility index (Phi) is 4.86. The minimum Gasteiger partial charge on any atom is -0.399 e. The Balaban J connectivity index is 3.10. The molecule has 0 bridgehead atoms. The molecule has 0 aliphatic heterocycles. The molecule has 1 aromatic carbocycles. The Morgan fingerprint density at radius 2 is 2.12 bits per heavy atom. The van der Waals surface area contributed by atoms with Gasteiger partial charge in [-0.25, -0.2) is 0 Å². The minimum atomic E-state index is -1.32. The van der Waals surface area contributed by atoms with Crippen molar-refractivity contribution in [1.82, 2.24) is 0 Å². The summed E-state index contributed by atoms with van der Waals surface area (Å²) in [5.41, 5.74) is 5.60. The molecule has 1 rings (SSSR count). The van der Waals surface area contributed by atoms with Gasteiger partial charge in [-0.15, -0.1) is 0 Å². The molecule has 7 heteroatoms. The van der Waals surface area contributed by atoms with Crippen LogP contribution in [-0.4, -0.2) is 26.6 Å². The summed E-state index contributed by atoms with van der Waals surface area (Å²) in [6.07, 6.45) is -2.11. The molecule has 0 aliphatic rings. The van der Waals surface area contributed by atoms with Gasteiger partial charge in [0.15, 0.2) is 0 Å². The summed E-state index contributed by atoms with van der Waals surface area (Å²) < 4.78 is 0. The van der Waals surface area contributed by atoms with Gasteiger partial charge in [0.1, 0.15) is 6.10 Å². The number of nitrogen functional groups attached to an aromatic ring is 1. The number of hydrogen-bond acceptors (Lipinski definition) is 5. The number of nitro benzene ring substituents is 1. The number of nitro groups is 1. The van der Waals surface area contributed by atoms with Crippen molar-refractivity contribution in [3.8, 4) is 0 Å². The van der Waals surface area contributed by atoms with E-state index in [1.165, 1.54) is 18.2 Å². The third-order valence-corrected chi connectivity index (χ3v) is 2.79. The topological polar surface area (TPSA) is 110 Å². The van der Waals surface area contributed by atoms with Crippen molar-refractivity contribution in [1.29, 1.82) is 0 Å². The van der Waals surface area contributed by atoms with Gasteiger partial charge in [0.05, 0.1) is 16.6 Å². The van der Waals surface area contributed by atoms with Gasteiger partial charge in [-0.3, -0.25) is 10.1 Å².